The zero-order valence-corrected chi connectivity index (χ0v) is 24.5. The highest BCUT2D eigenvalue weighted by molar-refractivity contribution is 7.92. The van der Waals surface area contributed by atoms with Crippen LogP contribution in [0, 0.1) is 0 Å². The van der Waals surface area contributed by atoms with E-state index < -0.39 is 16.7 Å². The van der Waals surface area contributed by atoms with E-state index in [0.717, 1.165) is 50.2 Å². The van der Waals surface area contributed by atoms with Crippen molar-refractivity contribution in [2.24, 2.45) is 0 Å². The number of nitrogens with one attached hydrogen (secondary N) is 2. The van der Waals surface area contributed by atoms with Crippen molar-refractivity contribution in [3.63, 3.8) is 0 Å². The van der Waals surface area contributed by atoms with E-state index in [0.29, 0.717) is 49.0 Å². The number of carbonyl (C=O) groups excluding carboxylic acids is 1. The Labute approximate surface area is 243 Å². The zero-order valence-electron chi connectivity index (χ0n) is 22.9. The molecule has 0 saturated carbocycles. The number of likely N-dealkylation sites (tertiary alicyclic amines) is 1. The molecule has 1 aromatic carbocycles. The van der Waals surface area contributed by atoms with Gasteiger partial charge in [0.1, 0.15) is 18.3 Å². The van der Waals surface area contributed by atoms with Crippen LogP contribution in [0.3, 0.4) is 0 Å². The molecule has 220 valence electrons. The normalized spacial score (nSPS) is 21.7. The smallest absolute Gasteiger partial charge is 0.256 e. The number of hydrogen-bond donors (Lipinski definition) is 2. The second-order valence-corrected chi connectivity index (χ2v) is 13.2. The number of piperidine rings is 1. The second kappa shape index (κ2) is 11.3. The van der Waals surface area contributed by atoms with Crippen molar-refractivity contribution in [2.75, 3.05) is 66.7 Å². The Kier molecular flexibility index (Phi) is 7.68. The first-order valence-electron chi connectivity index (χ1n) is 14.0. The van der Waals surface area contributed by atoms with E-state index in [9.17, 15) is 17.6 Å². The number of aromatic nitrogens is 3. The predicted molar refractivity (Wildman–Crippen MR) is 157 cm³/mol. The molecule has 5 heterocycles. The fraction of sp³-hybridized carbons (Fsp3) is 0.519. The maximum Gasteiger partial charge on any atom is 0.256 e. The third kappa shape index (κ3) is 5.80. The van der Waals surface area contributed by atoms with Crippen LogP contribution in [0.4, 0.5) is 21.7 Å². The van der Waals surface area contributed by atoms with Crippen LogP contribution in [-0.2, 0) is 10.0 Å². The van der Waals surface area contributed by atoms with Gasteiger partial charge in [-0.1, -0.05) is 11.6 Å². The molecule has 3 saturated heterocycles. The minimum atomic E-state index is -3.61. The lowest BCUT2D eigenvalue weighted by Crippen LogP contribution is -2.52. The van der Waals surface area contributed by atoms with Gasteiger partial charge in [-0.3, -0.25) is 9.52 Å². The number of fused-ring (bicyclic) bond motifs is 1. The summed E-state index contributed by atoms with van der Waals surface area (Å²) in [6, 6.07) is 7.93. The molecule has 6 rings (SSSR count). The Hall–Kier alpha value is -3.16. The Morgan fingerprint density at radius 1 is 1.12 bits per heavy atom. The summed E-state index contributed by atoms with van der Waals surface area (Å²) in [5.74, 6) is 1.40. The third-order valence-electron chi connectivity index (χ3n) is 7.97. The number of rotatable bonds is 7. The molecule has 11 nitrogen and oxygen atoms in total. The van der Waals surface area contributed by atoms with Crippen LogP contribution in [0.25, 0.3) is 5.65 Å². The van der Waals surface area contributed by atoms with Crippen molar-refractivity contribution >= 4 is 50.5 Å². The summed E-state index contributed by atoms with van der Waals surface area (Å²) in [4.78, 5) is 25.0. The summed E-state index contributed by atoms with van der Waals surface area (Å²) < 4.78 is 41.9. The van der Waals surface area contributed by atoms with Gasteiger partial charge in [-0.2, -0.15) is 9.61 Å². The van der Waals surface area contributed by atoms with Crippen molar-refractivity contribution in [3.8, 4) is 0 Å². The van der Waals surface area contributed by atoms with Gasteiger partial charge in [-0.25, -0.2) is 17.8 Å². The number of nitrogens with zero attached hydrogens (tertiary/aromatic N) is 6. The molecule has 41 heavy (non-hydrogen) atoms. The summed E-state index contributed by atoms with van der Waals surface area (Å²) in [6.07, 6.45) is 4.60. The number of halogens is 2. The zero-order chi connectivity index (χ0) is 28.7. The number of amides is 1. The lowest BCUT2D eigenvalue weighted by molar-refractivity contribution is 0.0607. The second-order valence-electron chi connectivity index (χ2n) is 11.0. The van der Waals surface area contributed by atoms with Gasteiger partial charge in [-0.15, -0.1) is 0 Å². The first-order valence-corrected chi connectivity index (χ1v) is 16.3. The number of sulfonamides is 1. The molecule has 2 N–H and O–H groups in total. The molecule has 3 fully saturated rings. The Balaban J connectivity index is 1.38. The van der Waals surface area contributed by atoms with Crippen molar-refractivity contribution in [1.82, 2.24) is 24.8 Å². The third-order valence-corrected chi connectivity index (χ3v) is 8.80. The maximum atomic E-state index is 14.0. The van der Waals surface area contributed by atoms with Crippen LogP contribution in [0.5, 0.6) is 0 Å². The van der Waals surface area contributed by atoms with Gasteiger partial charge < -0.3 is 20.0 Å². The Morgan fingerprint density at radius 2 is 1.95 bits per heavy atom. The van der Waals surface area contributed by atoms with E-state index >= 15 is 0 Å². The van der Waals surface area contributed by atoms with E-state index in [2.05, 4.69) is 19.8 Å². The van der Waals surface area contributed by atoms with Gasteiger partial charge in [0.05, 0.1) is 35.3 Å². The lowest BCUT2D eigenvalue weighted by atomic mass is 9.98. The number of anilines is 3. The van der Waals surface area contributed by atoms with E-state index in [1.807, 2.05) is 16.6 Å². The largest absolute Gasteiger partial charge is 0.356 e. The highest BCUT2D eigenvalue weighted by atomic mass is 35.5. The molecule has 3 aliphatic rings. The molecule has 2 aromatic heterocycles. The SMILES string of the molecule is CS(=O)(=O)Nc1ccc(Cl)cc1C(=O)N1CCCC[C@H]1c1cc2nc(N3CCC3)cc(N3CCNC(CF)C3)n2n1. The van der Waals surface area contributed by atoms with Gasteiger partial charge in [0, 0.05) is 56.4 Å². The van der Waals surface area contributed by atoms with Crippen LogP contribution in [0.15, 0.2) is 30.3 Å². The molecule has 1 amide bonds. The Bertz CT molecular complexity index is 1560. The van der Waals surface area contributed by atoms with Crippen molar-refractivity contribution in [2.45, 2.75) is 37.8 Å². The van der Waals surface area contributed by atoms with Gasteiger partial charge in [0.25, 0.3) is 5.91 Å². The lowest BCUT2D eigenvalue weighted by Gasteiger charge is -2.36. The average Bonchev–Trinajstić information content (AvgIpc) is 3.36. The number of carbonyl (C=O) groups is 1. The van der Waals surface area contributed by atoms with Crippen molar-refractivity contribution in [3.05, 3.63) is 46.6 Å². The van der Waals surface area contributed by atoms with E-state index in [1.165, 1.54) is 12.1 Å². The summed E-state index contributed by atoms with van der Waals surface area (Å²) in [6.45, 7) is 3.82. The first kappa shape index (κ1) is 28.0. The molecular formula is C27H34ClFN8O3S. The molecule has 0 radical (unpaired) electrons. The number of benzene rings is 1. The Morgan fingerprint density at radius 3 is 2.68 bits per heavy atom. The van der Waals surface area contributed by atoms with E-state index in [1.54, 1.807) is 11.0 Å². The minimum absolute atomic E-state index is 0.186. The highest BCUT2D eigenvalue weighted by Crippen LogP contribution is 2.35. The van der Waals surface area contributed by atoms with E-state index in [4.69, 9.17) is 21.7 Å². The molecule has 0 aliphatic carbocycles. The van der Waals surface area contributed by atoms with Crippen LogP contribution in [0.2, 0.25) is 5.02 Å². The number of alkyl halides is 1. The van der Waals surface area contributed by atoms with Gasteiger partial charge in [-0.05, 0) is 43.9 Å². The molecule has 2 atom stereocenters. The molecule has 0 spiro atoms. The highest BCUT2D eigenvalue weighted by Gasteiger charge is 2.33. The van der Waals surface area contributed by atoms with Crippen molar-refractivity contribution < 1.29 is 17.6 Å². The summed E-state index contributed by atoms with van der Waals surface area (Å²) in [5.41, 5.74) is 1.76. The van der Waals surface area contributed by atoms with Crippen LogP contribution >= 0.6 is 11.6 Å². The molecule has 14 heteroatoms. The first-order chi connectivity index (χ1) is 19.7. The molecule has 1 unspecified atom stereocenters. The molecule has 0 bridgehead atoms. The topological polar surface area (TPSA) is 115 Å². The summed E-state index contributed by atoms with van der Waals surface area (Å²) in [7, 11) is -3.61. The summed E-state index contributed by atoms with van der Waals surface area (Å²) >= 11 is 6.24. The standard InChI is InChI=1S/C27H34ClFN8O3S/c1-41(39,40)33-21-7-6-18(28)13-20(21)27(38)36-11-3-2-5-23(36)22-14-25-31-24(34-9-4-10-34)15-26(37(25)32-22)35-12-8-30-19(16-29)17-35/h6-7,13-15,19,23,30,33H,2-5,8-12,16-17H2,1H3/t19?,23-/m0/s1. The predicted octanol–water partition coefficient (Wildman–Crippen LogP) is 3.08. The fourth-order valence-corrected chi connectivity index (χ4v) is 6.56. The monoisotopic (exact) mass is 604 g/mol. The van der Waals surface area contributed by atoms with Gasteiger partial charge in [0.2, 0.25) is 10.0 Å². The van der Waals surface area contributed by atoms with Crippen LogP contribution in [0.1, 0.15) is 47.8 Å². The quantitative estimate of drug-likeness (QED) is 0.423. The molecule has 3 aliphatic heterocycles. The van der Waals surface area contributed by atoms with Gasteiger partial charge in [0.15, 0.2) is 5.65 Å². The minimum Gasteiger partial charge on any atom is -0.356 e. The molecular weight excluding hydrogens is 571 g/mol. The summed E-state index contributed by atoms with van der Waals surface area (Å²) in [5, 5.41) is 8.54. The maximum absolute atomic E-state index is 14.0. The van der Waals surface area contributed by atoms with Crippen LogP contribution < -0.4 is 19.8 Å². The van der Waals surface area contributed by atoms with E-state index in [-0.39, 0.29) is 29.2 Å². The number of hydrogen-bond acceptors (Lipinski definition) is 8. The molecule has 3 aromatic rings. The van der Waals surface area contributed by atoms with Crippen LogP contribution in [-0.4, -0.2) is 92.1 Å². The van der Waals surface area contributed by atoms with Gasteiger partial charge >= 0.3 is 0 Å². The average molecular weight is 605 g/mol. The fourth-order valence-electron chi connectivity index (χ4n) is 5.81. The number of piperazine rings is 1. The van der Waals surface area contributed by atoms with Crippen molar-refractivity contribution in [1.29, 1.82) is 0 Å².